The molecule has 1 saturated heterocycles. The maximum atomic E-state index is 9.77. The lowest BCUT2D eigenvalue weighted by molar-refractivity contribution is 0.281. The molecule has 2 heterocycles. The number of aliphatic hydroxyl groups is 1. The Labute approximate surface area is 129 Å². The number of rotatable bonds is 4. The number of thioether (sulfide) groups is 1. The fourth-order valence-electron chi connectivity index (χ4n) is 2.84. The molecule has 112 valence electrons. The summed E-state index contributed by atoms with van der Waals surface area (Å²) in [4.78, 5) is 2.29. The lowest BCUT2D eigenvalue weighted by atomic mass is 10.2. The second-order valence-electron chi connectivity index (χ2n) is 5.42. The van der Waals surface area contributed by atoms with Crippen LogP contribution in [0.2, 0.25) is 0 Å². The van der Waals surface area contributed by atoms with Crippen LogP contribution in [0.5, 0.6) is 0 Å². The van der Waals surface area contributed by atoms with Crippen molar-refractivity contribution in [2.75, 3.05) is 23.5 Å². The van der Waals surface area contributed by atoms with E-state index in [4.69, 9.17) is 0 Å². The zero-order chi connectivity index (χ0) is 14.8. The highest BCUT2D eigenvalue weighted by Gasteiger charge is 2.26. The van der Waals surface area contributed by atoms with Crippen LogP contribution in [-0.2, 0) is 6.61 Å². The average molecular weight is 303 g/mol. The number of hydrogen-bond acceptors (Lipinski definition) is 4. The fourth-order valence-corrected chi connectivity index (χ4v) is 4.11. The van der Waals surface area contributed by atoms with Gasteiger partial charge in [0.1, 0.15) is 5.82 Å². The summed E-state index contributed by atoms with van der Waals surface area (Å²) in [5.41, 5.74) is 2.86. The largest absolute Gasteiger partial charge is 0.391 e. The number of anilines is 1. The van der Waals surface area contributed by atoms with Crippen LogP contribution >= 0.6 is 11.8 Å². The molecule has 0 bridgehead atoms. The van der Waals surface area contributed by atoms with Gasteiger partial charge in [0, 0.05) is 24.4 Å². The van der Waals surface area contributed by atoms with E-state index in [1.807, 2.05) is 53.7 Å². The van der Waals surface area contributed by atoms with E-state index in [9.17, 15) is 5.11 Å². The minimum Gasteiger partial charge on any atom is -0.391 e. The maximum Gasteiger partial charge on any atom is 0.138 e. The van der Waals surface area contributed by atoms with Crippen molar-refractivity contribution in [3.63, 3.8) is 0 Å². The Balaban J connectivity index is 2.08. The number of benzene rings is 1. The number of hydrogen-bond donors (Lipinski definition) is 1. The summed E-state index contributed by atoms with van der Waals surface area (Å²) in [7, 11) is 2.12. The maximum absolute atomic E-state index is 9.77. The number of aromatic nitrogens is 2. The van der Waals surface area contributed by atoms with Crippen LogP contribution in [0.4, 0.5) is 5.82 Å². The van der Waals surface area contributed by atoms with Crippen LogP contribution in [0.25, 0.3) is 5.69 Å². The molecule has 0 aliphatic carbocycles. The van der Waals surface area contributed by atoms with Crippen molar-refractivity contribution in [3.05, 3.63) is 41.6 Å². The van der Waals surface area contributed by atoms with Crippen LogP contribution in [0, 0.1) is 6.92 Å². The zero-order valence-electron chi connectivity index (χ0n) is 12.5. The third kappa shape index (κ3) is 2.68. The van der Waals surface area contributed by atoms with Gasteiger partial charge in [-0.05, 0) is 31.2 Å². The molecule has 1 N–H and O–H groups in total. The van der Waals surface area contributed by atoms with E-state index in [1.165, 1.54) is 12.2 Å². The van der Waals surface area contributed by atoms with Crippen molar-refractivity contribution in [1.29, 1.82) is 0 Å². The first kappa shape index (κ1) is 14.5. The molecule has 0 radical (unpaired) electrons. The molecule has 3 rings (SSSR count). The van der Waals surface area contributed by atoms with Crippen LogP contribution in [-0.4, -0.2) is 39.5 Å². The first-order chi connectivity index (χ1) is 10.2. The summed E-state index contributed by atoms with van der Waals surface area (Å²) in [5, 5.41) is 14.4. The smallest absolute Gasteiger partial charge is 0.138 e. The van der Waals surface area contributed by atoms with E-state index in [1.54, 1.807) is 0 Å². The molecule has 5 heteroatoms. The molecular formula is C16H21N3OS. The molecule has 21 heavy (non-hydrogen) atoms. The molecular weight excluding hydrogens is 282 g/mol. The van der Waals surface area contributed by atoms with Crippen LogP contribution in [0.3, 0.4) is 0 Å². The Hall–Kier alpha value is -1.46. The Kier molecular flexibility index (Phi) is 4.22. The molecule has 1 aliphatic rings. The summed E-state index contributed by atoms with van der Waals surface area (Å²) >= 11 is 1.99. The molecule has 0 saturated carbocycles. The summed E-state index contributed by atoms with van der Waals surface area (Å²) in [6.45, 7) is 1.99. The predicted molar refractivity (Wildman–Crippen MR) is 88.4 cm³/mol. The van der Waals surface area contributed by atoms with E-state index < -0.39 is 0 Å². The minimum atomic E-state index is 0.0260. The number of aliphatic hydroxyl groups excluding tert-OH is 1. The number of aryl methyl sites for hydroxylation is 1. The molecule has 4 nitrogen and oxygen atoms in total. The number of para-hydroxylation sites is 1. The van der Waals surface area contributed by atoms with Gasteiger partial charge in [0.25, 0.3) is 0 Å². The lowest BCUT2D eigenvalue weighted by Gasteiger charge is -2.27. The SMILES string of the molecule is Cc1nn(-c2ccccc2)c(N(C)C2CCSC2)c1CO. The van der Waals surface area contributed by atoms with Crippen LogP contribution in [0.15, 0.2) is 30.3 Å². The quantitative estimate of drug-likeness (QED) is 0.943. The summed E-state index contributed by atoms with van der Waals surface area (Å²) in [5.74, 6) is 3.37. The molecule has 0 amide bonds. The Morgan fingerprint density at radius 3 is 2.76 bits per heavy atom. The van der Waals surface area contributed by atoms with E-state index in [0.717, 1.165) is 28.5 Å². The first-order valence-electron chi connectivity index (χ1n) is 7.27. The minimum absolute atomic E-state index is 0.0260. The highest BCUT2D eigenvalue weighted by atomic mass is 32.2. The monoisotopic (exact) mass is 303 g/mol. The molecule has 2 aromatic rings. The van der Waals surface area contributed by atoms with Gasteiger partial charge in [-0.3, -0.25) is 0 Å². The van der Waals surface area contributed by atoms with E-state index in [0.29, 0.717) is 6.04 Å². The van der Waals surface area contributed by atoms with Gasteiger partial charge in [-0.15, -0.1) is 0 Å². The molecule has 1 fully saturated rings. The van der Waals surface area contributed by atoms with Crippen molar-refractivity contribution in [1.82, 2.24) is 9.78 Å². The summed E-state index contributed by atoms with van der Waals surface area (Å²) in [6, 6.07) is 10.6. The average Bonchev–Trinajstić information content (AvgIpc) is 3.15. The predicted octanol–water partition coefficient (Wildman–Crippen LogP) is 2.61. The third-order valence-corrected chi connectivity index (χ3v) is 5.25. The highest BCUT2D eigenvalue weighted by Crippen LogP contribution is 2.31. The fraction of sp³-hybridized carbons (Fsp3) is 0.438. The standard InChI is InChI=1S/C16H21N3OS/c1-12-15(10-20)16(18(2)14-8-9-21-11-14)19(17-12)13-6-4-3-5-7-13/h3-7,14,20H,8-11H2,1-2H3. The van der Waals surface area contributed by atoms with Gasteiger partial charge < -0.3 is 10.0 Å². The van der Waals surface area contributed by atoms with Gasteiger partial charge >= 0.3 is 0 Å². The first-order valence-corrected chi connectivity index (χ1v) is 8.43. The summed E-state index contributed by atoms with van der Waals surface area (Å²) in [6.07, 6.45) is 1.19. The van der Waals surface area contributed by atoms with Crippen molar-refractivity contribution in [3.8, 4) is 5.69 Å². The summed E-state index contributed by atoms with van der Waals surface area (Å²) < 4.78 is 1.96. The topological polar surface area (TPSA) is 41.3 Å². The zero-order valence-corrected chi connectivity index (χ0v) is 13.3. The van der Waals surface area contributed by atoms with E-state index in [-0.39, 0.29) is 6.61 Å². The Morgan fingerprint density at radius 2 is 2.14 bits per heavy atom. The van der Waals surface area contributed by atoms with Crippen molar-refractivity contribution in [2.45, 2.75) is 26.0 Å². The normalized spacial score (nSPS) is 18.1. The molecule has 1 atom stereocenters. The third-order valence-electron chi connectivity index (χ3n) is 4.10. The van der Waals surface area contributed by atoms with Crippen molar-refractivity contribution in [2.24, 2.45) is 0 Å². The van der Waals surface area contributed by atoms with Crippen LogP contribution < -0.4 is 4.90 Å². The molecule has 1 unspecified atom stereocenters. The second kappa shape index (κ2) is 6.12. The second-order valence-corrected chi connectivity index (χ2v) is 6.57. The lowest BCUT2D eigenvalue weighted by Crippen LogP contribution is -2.33. The Morgan fingerprint density at radius 1 is 1.38 bits per heavy atom. The molecule has 0 spiro atoms. The van der Waals surface area contributed by atoms with Gasteiger partial charge in [-0.2, -0.15) is 16.9 Å². The van der Waals surface area contributed by atoms with Crippen LogP contribution in [0.1, 0.15) is 17.7 Å². The van der Waals surface area contributed by atoms with Crippen molar-refractivity contribution < 1.29 is 5.11 Å². The Bertz CT molecular complexity index is 605. The van der Waals surface area contributed by atoms with Crippen molar-refractivity contribution >= 4 is 17.6 Å². The molecule has 1 aromatic carbocycles. The van der Waals surface area contributed by atoms with Gasteiger partial charge in [0.2, 0.25) is 0 Å². The van der Waals surface area contributed by atoms with Gasteiger partial charge in [-0.1, -0.05) is 18.2 Å². The van der Waals surface area contributed by atoms with Gasteiger partial charge in [-0.25, -0.2) is 4.68 Å². The van der Waals surface area contributed by atoms with Gasteiger partial charge in [0.05, 0.1) is 18.0 Å². The molecule has 1 aromatic heterocycles. The van der Waals surface area contributed by atoms with E-state index >= 15 is 0 Å². The number of nitrogens with zero attached hydrogens (tertiary/aromatic N) is 3. The molecule has 1 aliphatic heterocycles. The van der Waals surface area contributed by atoms with Gasteiger partial charge in [0.15, 0.2) is 0 Å². The van der Waals surface area contributed by atoms with E-state index in [2.05, 4.69) is 17.0 Å². The highest BCUT2D eigenvalue weighted by molar-refractivity contribution is 7.99.